The zero-order valence-corrected chi connectivity index (χ0v) is 8.60. The summed E-state index contributed by atoms with van der Waals surface area (Å²) in [5, 5.41) is 21.7. The SMILES string of the molecule is CC(=O)NC1[C@@H](O)[C@H](C)C(C)O[C@@H]1O. The van der Waals surface area contributed by atoms with E-state index in [9.17, 15) is 15.0 Å². The molecule has 5 heteroatoms. The lowest BCUT2D eigenvalue weighted by molar-refractivity contribution is -0.223. The highest BCUT2D eigenvalue weighted by Crippen LogP contribution is 2.24. The zero-order chi connectivity index (χ0) is 10.9. The number of aliphatic hydroxyl groups is 2. The molecule has 1 rings (SSSR count). The molecule has 1 amide bonds. The highest BCUT2D eigenvalue weighted by molar-refractivity contribution is 5.73. The summed E-state index contributed by atoms with van der Waals surface area (Å²) in [6.45, 7) is 4.93. The van der Waals surface area contributed by atoms with Crippen LogP contribution in [0.1, 0.15) is 20.8 Å². The normalized spacial score (nSPS) is 43.4. The van der Waals surface area contributed by atoms with E-state index in [2.05, 4.69) is 5.32 Å². The van der Waals surface area contributed by atoms with Gasteiger partial charge in [-0.1, -0.05) is 6.92 Å². The summed E-state index contributed by atoms with van der Waals surface area (Å²) in [6.07, 6.45) is -2.14. The van der Waals surface area contributed by atoms with Crippen molar-refractivity contribution in [2.24, 2.45) is 5.92 Å². The van der Waals surface area contributed by atoms with Crippen LogP contribution in [-0.4, -0.2) is 40.7 Å². The van der Waals surface area contributed by atoms with Crippen LogP contribution in [0, 0.1) is 5.92 Å². The molecule has 1 aliphatic heterocycles. The van der Waals surface area contributed by atoms with Crippen LogP contribution in [-0.2, 0) is 9.53 Å². The number of rotatable bonds is 1. The monoisotopic (exact) mass is 203 g/mol. The third-order valence-corrected chi connectivity index (χ3v) is 2.68. The van der Waals surface area contributed by atoms with Crippen LogP contribution in [0.4, 0.5) is 0 Å². The minimum absolute atomic E-state index is 0.116. The van der Waals surface area contributed by atoms with Crippen molar-refractivity contribution in [2.45, 2.75) is 45.3 Å². The Morgan fingerprint density at radius 1 is 1.36 bits per heavy atom. The third kappa shape index (κ3) is 2.23. The first-order valence-electron chi connectivity index (χ1n) is 4.72. The molecule has 1 aliphatic rings. The second kappa shape index (κ2) is 4.25. The van der Waals surface area contributed by atoms with E-state index in [1.54, 1.807) is 6.92 Å². The van der Waals surface area contributed by atoms with E-state index in [1.807, 2.05) is 6.92 Å². The van der Waals surface area contributed by atoms with Crippen molar-refractivity contribution in [2.75, 3.05) is 0 Å². The fourth-order valence-corrected chi connectivity index (χ4v) is 1.59. The number of hydrogen-bond donors (Lipinski definition) is 3. The Hall–Kier alpha value is -0.650. The Labute approximate surface area is 83.1 Å². The van der Waals surface area contributed by atoms with E-state index in [0.717, 1.165) is 0 Å². The average molecular weight is 203 g/mol. The molecule has 3 N–H and O–H groups in total. The van der Waals surface area contributed by atoms with Gasteiger partial charge < -0.3 is 20.3 Å². The van der Waals surface area contributed by atoms with E-state index < -0.39 is 18.4 Å². The lowest BCUT2D eigenvalue weighted by Crippen LogP contribution is -2.59. The van der Waals surface area contributed by atoms with Gasteiger partial charge in [-0.2, -0.15) is 0 Å². The largest absolute Gasteiger partial charge is 0.390 e. The standard InChI is InChI=1S/C9H17NO4/c1-4-5(2)14-9(13)7(8(4)12)10-6(3)11/h4-5,7-9,12-13H,1-3H3,(H,10,11)/t4-,5?,7?,8+,9+/m1/s1. The van der Waals surface area contributed by atoms with Gasteiger partial charge in [-0.05, 0) is 6.92 Å². The summed E-state index contributed by atoms with van der Waals surface area (Å²) in [5.41, 5.74) is 0. The number of aliphatic hydroxyl groups excluding tert-OH is 2. The highest BCUT2D eigenvalue weighted by atomic mass is 16.6. The molecule has 0 spiro atoms. The molecular formula is C9H17NO4. The van der Waals surface area contributed by atoms with Gasteiger partial charge in [0, 0.05) is 12.8 Å². The number of carbonyl (C=O) groups excluding carboxylic acids is 1. The molecule has 5 atom stereocenters. The molecule has 1 saturated heterocycles. The van der Waals surface area contributed by atoms with Gasteiger partial charge in [0.05, 0.1) is 12.2 Å². The summed E-state index contributed by atoms with van der Waals surface area (Å²) in [7, 11) is 0. The summed E-state index contributed by atoms with van der Waals surface area (Å²) in [6, 6.07) is -0.737. The molecule has 1 fully saturated rings. The van der Waals surface area contributed by atoms with Crippen molar-refractivity contribution in [3.8, 4) is 0 Å². The van der Waals surface area contributed by atoms with Crippen LogP contribution in [0.3, 0.4) is 0 Å². The molecule has 0 bridgehead atoms. The molecule has 1 heterocycles. The van der Waals surface area contributed by atoms with Gasteiger partial charge in [0.2, 0.25) is 5.91 Å². The minimum atomic E-state index is -1.14. The topological polar surface area (TPSA) is 78.8 Å². The smallest absolute Gasteiger partial charge is 0.217 e. The van der Waals surface area contributed by atoms with Crippen molar-refractivity contribution in [3.63, 3.8) is 0 Å². The highest BCUT2D eigenvalue weighted by Gasteiger charge is 2.40. The van der Waals surface area contributed by atoms with Crippen LogP contribution in [0.25, 0.3) is 0 Å². The molecular weight excluding hydrogens is 186 g/mol. The quantitative estimate of drug-likeness (QED) is 0.522. The van der Waals surface area contributed by atoms with Gasteiger partial charge in [-0.15, -0.1) is 0 Å². The van der Waals surface area contributed by atoms with E-state index in [4.69, 9.17) is 4.74 Å². The molecule has 82 valence electrons. The number of hydrogen-bond acceptors (Lipinski definition) is 4. The third-order valence-electron chi connectivity index (χ3n) is 2.68. The lowest BCUT2D eigenvalue weighted by atomic mass is 9.90. The van der Waals surface area contributed by atoms with Crippen molar-refractivity contribution < 1.29 is 19.7 Å². The molecule has 14 heavy (non-hydrogen) atoms. The van der Waals surface area contributed by atoms with Crippen LogP contribution >= 0.6 is 0 Å². The molecule has 0 aromatic carbocycles. The molecule has 0 aliphatic carbocycles. The van der Waals surface area contributed by atoms with Crippen LogP contribution in [0.2, 0.25) is 0 Å². The second-order valence-electron chi connectivity index (χ2n) is 3.81. The van der Waals surface area contributed by atoms with Crippen molar-refractivity contribution >= 4 is 5.91 Å². The molecule has 0 saturated carbocycles. The van der Waals surface area contributed by atoms with Gasteiger partial charge in [-0.3, -0.25) is 4.79 Å². The maximum Gasteiger partial charge on any atom is 0.217 e. The van der Waals surface area contributed by atoms with E-state index >= 15 is 0 Å². The first-order chi connectivity index (χ1) is 6.43. The Morgan fingerprint density at radius 2 is 1.93 bits per heavy atom. The van der Waals surface area contributed by atoms with Crippen LogP contribution in [0.5, 0.6) is 0 Å². The molecule has 0 aromatic rings. The fraction of sp³-hybridized carbons (Fsp3) is 0.889. The Kier molecular flexibility index (Phi) is 3.47. The number of ether oxygens (including phenoxy) is 1. The summed E-state index contributed by atoms with van der Waals surface area (Å²) >= 11 is 0. The first-order valence-corrected chi connectivity index (χ1v) is 4.72. The lowest BCUT2D eigenvalue weighted by Gasteiger charge is -2.40. The first kappa shape index (κ1) is 11.4. The second-order valence-corrected chi connectivity index (χ2v) is 3.81. The van der Waals surface area contributed by atoms with Crippen molar-refractivity contribution in [3.05, 3.63) is 0 Å². The predicted octanol–water partition coefficient (Wildman–Crippen LogP) is -0.775. The van der Waals surface area contributed by atoms with E-state index in [1.165, 1.54) is 6.92 Å². The van der Waals surface area contributed by atoms with Crippen molar-refractivity contribution in [1.82, 2.24) is 5.32 Å². The maximum atomic E-state index is 10.8. The summed E-state index contributed by atoms with van der Waals surface area (Å²) < 4.78 is 5.16. The Bertz CT molecular complexity index is 221. The van der Waals surface area contributed by atoms with Gasteiger partial charge in [0.15, 0.2) is 6.29 Å². The number of carbonyl (C=O) groups is 1. The summed E-state index contributed by atoms with van der Waals surface area (Å²) in [4.78, 5) is 10.8. The molecule has 0 radical (unpaired) electrons. The Balaban J connectivity index is 2.68. The average Bonchev–Trinajstić information content (AvgIpc) is 2.09. The minimum Gasteiger partial charge on any atom is -0.390 e. The van der Waals surface area contributed by atoms with Gasteiger partial charge in [0.25, 0.3) is 0 Å². The van der Waals surface area contributed by atoms with Crippen molar-refractivity contribution in [1.29, 1.82) is 0 Å². The van der Waals surface area contributed by atoms with Gasteiger partial charge in [0.1, 0.15) is 6.04 Å². The zero-order valence-electron chi connectivity index (χ0n) is 8.60. The van der Waals surface area contributed by atoms with E-state index in [-0.39, 0.29) is 17.9 Å². The molecule has 5 nitrogen and oxygen atoms in total. The fourth-order valence-electron chi connectivity index (χ4n) is 1.59. The van der Waals surface area contributed by atoms with Gasteiger partial charge >= 0.3 is 0 Å². The maximum absolute atomic E-state index is 10.8. The van der Waals surface area contributed by atoms with E-state index in [0.29, 0.717) is 0 Å². The number of amides is 1. The van der Waals surface area contributed by atoms with Crippen LogP contribution < -0.4 is 5.32 Å². The summed E-state index contributed by atoms with van der Waals surface area (Å²) in [5.74, 6) is -0.409. The predicted molar refractivity (Wildman–Crippen MR) is 49.3 cm³/mol. The number of nitrogens with one attached hydrogen (secondary N) is 1. The van der Waals surface area contributed by atoms with Gasteiger partial charge in [-0.25, -0.2) is 0 Å². The Morgan fingerprint density at radius 3 is 2.43 bits per heavy atom. The molecule has 0 aromatic heterocycles. The molecule has 2 unspecified atom stereocenters. The van der Waals surface area contributed by atoms with Crippen LogP contribution in [0.15, 0.2) is 0 Å².